The van der Waals surface area contributed by atoms with Crippen molar-refractivity contribution in [2.24, 2.45) is 0 Å². The zero-order valence-electron chi connectivity index (χ0n) is 17.4. The van der Waals surface area contributed by atoms with Crippen LogP contribution in [-0.4, -0.2) is 34.9 Å². The summed E-state index contributed by atoms with van der Waals surface area (Å²) in [6, 6.07) is 14.3. The van der Waals surface area contributed by atoms with E-state index in [4.69, 9.17) is 4.74 Å². The molecule has 0 bridgehead atoms. The summed E-state index contributed by atoms with van der Waals surface area (Å²) in [5.74, 6) is -0.310. The van der Waals surface area contributed by atoms with Crippen molar-refractivity contribution in [3.05, 3.63) is 66.0 Å². The number of benzene rings is 2. The number of amides is 2. The van der Waals surface area contributed by atoms with E-state index in [0.717, 1.165) is 5.56 Å². The number of nitrogens with one attached hydrogen (secondary N) is 1. The van der Waals surface area contributed by atoms with Gasteiger partial charge in [-0.15, -0.1) is 0 Å². The van der Waals surface area contributed by atoms with E-state index in [1.165, 1.54) is 17.0 Å². The summed E-state index contributed by atoms with van der Waals surface area (Å²) < 4.78 is 18.9. The van der Waals surface area contributed by atoms with Gasteiger partial charge < -0.3 is 15.0 Å². The molecule has 0 heterocycles. The standard InChI is InChI=1S/C23H29FN2O3/c1-5-20(22(28)25-23(2,3)4)26(15-17-11-13-18(24)14-12-17)21(27)16-29-19-9-7-6-8-10-19/h6-14,20H,5,15-16H2,1-4H3,(H,25,28)/t20-/m0/s1. The van der Waals surface area contributed by atoms with Crippen molar-refractivity contribution in [3.8, 4) is 5.75 Å². The van der Waals surface area contributed by atoms with Gasteiger partial charge in [-0.1, -0.05) is 37.3 Å². The van der Waals surface area contributed by atoms with Crippen LogP contribution in [0.3, 0.4) is 0 Å². The Labute approximate surface area is 171 Å². The van der Waals surface area contributed by atoms with Gasteiger partial charge in [0.1, 0.15) is 17.6 Å². The summed E-state index contributed by atoms with van der Waals surface area (Å²) in [5.41, 5.74) is 0.316. The van der Waals surface area contributed by atoms with Crippen LogP contribution in [0.4, 0.5) is 4.39 Å². The molecule has 0 saturated heterocycles. The van der Waals surface area contributed by atoms with Crippen LogP contribution in [0.5, 0.6) is 5.75 Å². The fraction of sp³-hybridized carbons (Fsp3) is 0.391. The van der Waals surface area contributed by atoms with E-state index in [9.17, 15) is 14.0 Å². The lowest BCUT2D eigenvalue weighted by atomic mass is 10.1. The highest BCUT2D eigenvalue weighted by atomic mass is 19.1. The number of para-hydroxylation sites is 1. The van der Waals surface area contributed by atoms with Gasteiger partial charge in [0, 0.05) is 12.1 Å². The number of nitrogens with zero attached hydrogens (tertiary/aromatic N) is 1. The van der Waals surface area contributed by atoms with Crippen molar-refractivity contribution < 1.29 is 18.7 Å². The van der Waals surface area contributed by atoms with Crippen LogP contribution in [0.2, 0.25) is 0 Å². The van der Waals surface area contributed by atoms with E-state index in [0.29, 0.717) is 12.2 Å². The Hall–Kier alpha value is -2.89. The van der Waals surface area contributed by atoms with Crippen LogP contribution >= 0.6 is 0 Å². The molecule has 2 aromatic carbocycles. The number of carbonyl (C=O) groups is 2. The normalized spacial score (nSPS) is 12.2. The number of ether oxygens (including phenoxy) is 1. The van der Waals surface area contributed by atoms with Crippen molar-refractivity contribution in [2.75, 3.05) is 6.61 Å². The zero-order valence-corrected chi connectivity index (χ0v) is 17.4. The molecule has 2 aromatic rings. The number of halogens is 1. The van der Waals surface area contributed by atoms with Gasteiger partial charge in [-0.2, -0.15) is 0 Å². The third kappa shape index (κ3) is 7.22. The lowest BCUT2D eigenvalue weighted by Gasteiger charge is -2.33. The molecule has 0 aliphatic heterocycles. The molecule has 0 fully saturated rings. The summed E-state index contributed by atoms with van der Waals surface area (Å²) in [6.45, 7) is 7.53. The van der Waals surface area contributed by atoms with Crippen LogP contribution in [0, 0.1) is 5.82 Å². The molecule has 1 atom stereocenters. The maximum Gasteiger partial charge on any atom is 0.261 e. The third-order valence-electron chi connectivity index (χ3n) is 4.26. The molecule has 5 nitrogen and oxygen atoms in total. The second-order valence-corrected chi connectivity index (χ2v) is 7.91. The lowest BCUT2D eigenvalue weighted by molar-refractivity contribution is -0.143. The number of carbonyl (C=O) groups excluding carboxylic acids is 2. The molecule has 2 rings (SSSR count). The molecule has 0 saturated carbocycles. The Kier molecular flexibility index (Phi) is 7.76. The van der Waals surface area contributed by atoms with Crippen molar-refractivity contribution in [2.45, 2.75) is 52.2 Å². The topological polar surface area (TPSA) is 58.6 Å². The summed E-state index contributed by atoms with van der Waals surface area (Å²) in [6.07, 6.45) is 0.445. The van der Waals surface area contributed by atoms with E-state index in [2.05, 4.69) is 5.32 Å². The van der Waals surface area contributed by atoms with Crippen LogP contribution in [0.1, 0.15) is 39.7 Å². The molecule has 29 heavy (non-hydrogen) atoms. The van der Waals surface area contributed by atoms with E-state index >= 15 is 0 Å². The predicted octanol–water partition coefficient (Wildman–Crippen LogP) is 3.93. The molecule has 0 radical (unpaired) electrons. The van der Waals surface area contributed by atoms with Crippen LogP contribution in [0.15, 0.2) is 54.6 Å². The first-order chi connectivity index (χ1) is 13.7. The van der Waals surface area contributed by atoms with E-state index in [1.807, 2.05) is 45.9 Å². The van der Waals surface area contributed by atoms with Gasteiger partial charge in [0.15, 0.2) is 6.61 Å². The van der Waals surface area contributed by atoms with Gasteiger partial charge >= 0.3 is 0 Å². The largest absolute Gasteiger partial charge is 0.484 e. The van der Waals surface area contributed by atoms with E-state index < -0.39 is 11.6 Å². The summed E-state index contributed by atoms with van der Waals surface area (Å²) in [4.78, 5) is 27.4. The summed E-state index contributed by atoms with van der Waals surface area (Å²) in [7, 11) is 0. The minimum atomic E-state index is -0.661. The molecule has 0 unspecified atom stereocenters. The quantitative estimate of drug-likeness (QED) is 0.731. The molecule has 0 aliphatic rings. The minimum absolute atomic E-state index is 0.188. The summed E-state index contributed by atoms with van der Waals surface area (Å²) >= 11 is 0. The van der Waals surface area contributed by atoms with Crippen LogP contribution in [0.25, 0.3) is 0 Å². The highest BCUT2D eigenvalue weighted by molar-refractivity contribution is 5.88. The van der Waals surface area contributed by atoms with Crippen molar-refractivity contribution >= 4 is 11.8 Å². The van der Waals surface area contributed by atoms with Crippen molar-refractivity contribution in [1.82, 2.24) is 10.2 Å². The minimum Gasteiger partial charge on any atom is -0.484 e. The molecule has 0 aromatic heterocycles. The molecular weight excluding hydrogens is 371 g/mol. The Morgan fingerprint density at radius 2 is 1.69 bits per heavy atom. The highest BCUT2D eigenvalue weighted by Crippen LogP contribution is 2.15. The zero-order chi connectivity index (χ0) is 21.4. The first-order valence-corrected chi connectivity index (χ1v) is 9.73. The van der Waals surface area contributed by atoms with Crippen LogP contribution in [-0.2, 0) is 16.1 Å². The third-order valence-corrected chi connectivity index (χ3v) is 4.26. The average molecular weight is 400 g/mol. The molecule has 0 spiro atoms. The molecule has 1 N–H and O–H groups in total. The monoisotopic (exact) mass is 400 g/mol. The maximum absolute atomic E-state index is 13.3. The highest BCUT2D eigenvalue weighted by Gasteiger charge is 2.30. The van der Waals surface area contributed by atoms with Crippen LogP contribution < -0.4 is 10.1 Å². The van der Waals surface area contributed by atoms with Gasteiger partial charge in [0.05, 0.1) is 0 Å². The van der Waals surface area contributed by atoms with Gasteiger partial charge in [-0.05, 0) is 57.0 Å². The second kappa shape index (κ2) is 10.0. The summed E-state index contributed by atoms with van der Waals surface area (Å²) in [5, 5.41) is 2.94. The molecule has 0 aliphatic carbocycles. The Bertz CT molecular complexity index is 801. The van der Waals surface area contributed by atoms with Gasteiger partial charge in [-0.25, -0.2) is 4.39 Å². The molecule has 6 heteroatoms. The SMILES string of the molecule is CC[C@@H](C(=O)NC(C)(C)C)N(Cc1ccc(F)cc1)C(=O)COc1ccccc1. The number of hydrogen-bond acceptors (Lipinski definition) is 3. The van der Waals surface area contributed by atoms with Gasteiger partial charge in [0.25, 0.3) is 5.91 Å². The van der Waals surface area contributed by atoms with E-state index in [1.54, 1.807) is 24.3 Å². The predicted molar refractivity (Wildman–Crippen MR) is 111 cm³/mol. The second-order valence-electron chi connectivity index (χ2n) is 7.91. The fourth-order valence-electron chi connectivity index (χ4n) is 2.90. The smallest absolute Gasteiger partial charge is 0.261 e. The molecule has 2 amide bonds. The van der Waals surface area contributed by atoms with Gasteiger partial charge in [0.2, 0.25) is 5.91 Å². The van der Waals surface area contributed by atoms with Crippen molar-refractivity contribution in [1.29, 1.82) is 0 Å². The maximum atomic E-state index is 13.3. The Morgan fingerprint density at radius 3 is 2.24 bits per heavy atom. The first-order valence-electron chi connectivity index (χ1n) is 9.73. The number of rotatable bonds is 8. The lowest BCUT2D eigenvalue weighted by Crippen LogP contribution is -2.54. The molecule has 156 valence electrons. The van der Waals surface area contributed by atoms with E-state index in [-0.39, 0.29) is 30.8 Å². The molecular formula is C23H29FN2O3. The Balaban J connectivity index is 2.21. The number of hydrogen-bond donors (Lipinski definition) is 1. The average Bonchev–Trinajstić information content (AvgIpc) is 2.67. The Morgan fingerprint density at radius 1 is 1.07 bits per heavy atom. The first kappa shape index (κ1) is 22.4. The van der Waals surface area contributed by atoms with Gasteiger partial charge in [-0.3, -0.25) is 9.59 Å². The van der Waals surface area contributed by atoms with Crippen molar-refractivity contribution in [3.63, 3.8) is 0 Å². The fourth-order valence-corrected chi connectivity index (χ4v) is 2.90.